The number of ether oxygens (including phenoxy) is 2. The lowest BCUT2D eigenvalue weighted by Gasteiger charge is -2.11. The molecule has 2 aromatic carbocycles. The van der Waals surface area contributed by atoms with Crippen molar-refractivity contribution in [3.8, 4) is 17.2 Å². The molecular formula is C22H17N3O3. The third-order valence-corrected chi connectivity index (χ3v) is 4.04. The molecule has 0 aliphatic carbocycles. The smallest absolute Gasteiger partial charge is 0.342 e. The Hall–Kier alpha value is -3.93. The van der Waals surface area contributed by atoms with Crippen LogP contribution in [0.25, 0.3) is 5.69 Å². The molecule has 28 heavy (non-hydrogen) atoms. The Morgan fingerprint density at radius 2 is 1.79 bits per heavy atom. The SMILES string of the molecule is O=C(OCc1ccc(-n2cccn2)cc1)c1ccccc1Oc1cccnc1. The average Bonchev–Trinajstić information content (AvgIpc) is 3.28. The van der Waals surface area contributed by atoms with Crippen LogP contribution in [0.4, 0.5) is 0 Å². The Labute approximate surface area is 162 Å². The molecule has 6 nitrogen and oxygen atoms in total. The monoisotopic (exact) mass is 371 g/mol. The van der Waals surface area contributed by atoms with Crippen molar-refractivity contribution in [1.29, 1.82) is 0 Å². The first-order valence-corrected chi connectivity index (χ1v) is 8.72. The number of benzene rings is 2. The quantitative estimate of drug-likeness (QED) is 0.470. The fourth-order valence-corrected chi connectivity index (χ4v) is 2.65. The van der Waals surface area contributed by atoms with Crippen LogP contribution in [0.3, 0.4) is 0 Å². The van der Waals surface area contributed by atoms with Crippen LogP contribution < -0.4 is 4.74 Å². The Bertz CT molecular complexity index is 1050. The summed E-state index contributed by atoms with van der Waals surface area (Å²) in [7, 11) is 0. The summed E-state index contributed by atoms with van der Waals surface area (Å²) in [4.78, 5) is 16.6. The fourth-order valence-electron chi connectivity index (χ4n) is 2.65. The van der Waals surface area contributed by atoms with Crippen LogP contribution in [0.2, 0.25) is 0 Å². The van der Waals surface area contributed by atoms with Crippen LogP contribution in [-0.4, -0.2) is 20.7 Å². The van der Waals surface area contributed by atoms with E-state index < -0.39 is 5.97 Å². The Kier molecular flexibility index (Phi) is 5.11. The van der Waals surface area contributed by atoms with Crippen molar-refractivity contribution in [3.05, 3.63) is 103 Å². The Balaban J connectivity index is 1.43. The molecule has 4 aromatic rings. The summed E-state index contributed by atoms with van der Waals surface area (Å²) in [5, 5.41) is 4.19. The van der Waals surface area contributed by atoms with Crippen molar-refractivity contribution >= 4 is 5.97 Å². The molecule has 0 aliphatic rings. The van der Waals surface area contributed by atoms with E-state index in [1.54, 1.807) is 59.7 Å². The zero-order valence-corrected chi connectivity index (χ0v) is 14.9. The highest BCUT2D eigenvalue weighted by Crippen LogP contribution is 2.25. The van der Waals surface area contributed by atoms with Gasteiger partial charge in [0, 0.05) is 18.6 Å². The lowest BCUT2D eigenvalue weighted by molar-refractivity contribution is 0.0470. The number of rotatable bonds is 6. The van der Waals surface area contributed by atoms with Crippen LogP contribution in [-0.2, 0) is 11.3 Å². The van der Waals surface area contributed by atoms with Crippen LogP contribution in [0.1, 0.15) is 15.9 Å². The van der Waals surface area contributed by atoms with Crippen LogP contribution >= 0.6 is 0 Å². The number of hydrogen-bond acceptors (Lipinski definition) is 5. The first-order chi connectivity index (χ1) is 13.8. The first-order valence-electron chi connectivity index (χ1n) is 8.72. The molecule has 0 saturated carbocycles. The molecule has 0 unspecified atom stereocenters. The third-order valence-electron chi connectivity index (χ3n) is 4.04. The van der Waals surface area contributed by atoms with Gasteiger partial charge < -0.3 is 9.47 Å². The minimum atomic E-state index is -0.448. The molecule has 0 atom stereocenters. The van der Waals surface area contributed by atoms with Crippen LogP contribution in [0.5, 0.6) is 11.5 Å². The summed E-state index contributed by atoms with van der Waals surface area (Å²) < 4.78 is 13.0. The molecular weight excluding hydrogens is 354 g/mol. The zero-order valence-electron chi connectivity index (χ0n) is 14.9. The van der Waals surface area contributed by atoms with E-state index in [1.807, 2.05) is 36.5 Å². The van der Waals surface area contributed by atoms with Gasteiger partial charge in [-0.3, -0.25) is 4.98 Å². The van der Waals surface area contributed by atoms with Gasteiger partial charge in [-0.2, -0.15) is 5.10 Å². The van der Waals surface area contributed by atoms with E-state index in [4.69, 9.17) is 9.47 Å². The minimum absolute atomic E-state index is 0.166. The molecule has 0 saturated heterocycles. The number of para-hydroxylation sites is 1. The third kappa shape index (κ3) is 4.07. The molecule has 0 spiro atoms. The summed E-state index contributed by atoms with van der Waals surface area (Å²) in [6, 6.07) is 20.0. The molecule has 0 radical (unpaired) electrons. The number of carbonyl (C=O) groups excluding carboxylic acids is 1. The molecule has 2 aromatic heterocycles. The molecule has 0 N–H and O–H groups in total. The number of hydrogen-bond donors (Lipinski definition) is 0. The van der Waals surface area contributed by atoms with Crippen molar-refractivity contribution < 1.29 is 14.3 Å². The maximum absolute atomic E-state index is 12.6. The minimum Gasteiger partial charge on any atom is -0.457 e. The van der Waals surface area contributed by atoms with Crippen molar-refractivity contribution in [2.45, 2.75) is 6.61 Å². The molecule has 0 bridgehead atoms. The second-order valence-corrected chi connectivity index (χ2v) is 5.98. The summed E-state index contributed by atoms with van der Waals surface area (Å²) in [6.45, 7) is 0.166. The predicted octanol–water partition coefficient (Wildman–Crippen LogP) is 4.42. The molecule has 138 valence electrons. The number of carbonyl (C=O) groups is 1. The topological polar surface area (TPSA) is 66.2 Å². The van der Waals surface area contributed by atoms with Crippen molar-refractivity contribution in [1.82, 2.24) is 14.8 Å². The van der Waals surface area contributed by atoms with Gasteiger partial charge in [0.15, 0.2) is 0 Å². The molecule has 6 heteroatoms. The van der Waals surface area contributed by atoms with Gasteiger partial charge in [-0.1, -0.05) is 24.3 Å². The summed E-state index contributed by atoms with van der Waals surface area (Å²) in [6.07, 6.45) is 6.84. The number of pyridine rings is 1. The maximum atomic E-state index is 12.6. The van der Waals surface area contributed by atoms with E-state index >= 15 is 0 Å². The summed E-state index contributed by atoms with van der Waals surface area (Å²) >= 11 is 0. The average molecular weight is 371 g/mol. The summed E-state index contributed by atoms with van der Waals surface area (Å²) in [5.41, 5.74) is 2.18. The van der Waals surface area contributed by atoms with E-state index in [-0.39, 0.29) is 6.61 Å². The number of nitrogens with zero attached hydrogens (tertiary/aromatic N) is 3. The Morgan fingerprint density at radius 1 is 0.929 bits per heavy atom. The second-order valence-electron chi connectivity index (χ2n) is 5.98. The van der Waals surface area contributed by atoms with Gasteiger partial charge in [0.2, 0.25) is 0 Å². The number of esters is 1. The van der Waals surface area contributed by atoms with E-state index in [0.717, 1.165) is 11.3 Å². The van der Waals surface area contributed by atoms with Gasteiger partial charge >= 0.3 is 5.97 Å². The van der Waals surface area contributed by atoms with E-state index in [2.05, 4.69) is 10.1 Å². The van der Waals surface area contributed by atoms with Gasteiger partial charge in [-0.05, 0) is 48.0 Å². The lowest BCUT2D eigenvalue weighted by Crippen LogP contribution is -2.07. The maximum Gasteiger partial charge on any atom is 0.342 e. The molecule has 0 aliphatic heterocycles. The van der Waals surface area contributed by atoms with E-state index in [1.165, 1.54) is 0 Å². The highest BCUT2D eigenvalue weighted by atomic mass is 16.5. The van der Waals surface area contributed by atoms with Gasteiger partial charge in [0.1, 0.15) is 23.7 Å². The van der Waals surface area contributed by atoms with Crippen molar-refractivity contribution in [2.75, 3.05) is 0 Å². The van der Waals surface area contributed by atoms with Gasteiger partial charge in [-0.15, -0.1) is 0 Å². The summed E-state index contributed by atoms with van der Waals surface area (Å²) in [5.74, 6) is 0.530. The van der Waals surface area contributed by atoms with Gasteiger partial charge in [0.05, 0.1) is 11.9 Å². The number of aromatic nitrogens is 3. The van der Waals surface area contributed by atoms with E-state index in [9.17, 15) is 4.79 Å². The largest absolute Gasteiger partial charge is 0.457 e. The predicted molar refractivity (Wildman–Crippen MR) is 103 cm³/mol. The zero-order chi connectivity index (χ0) is 19.2. The lowest BCUT2D eigenvalue weighted by atomic mass is 10.2. The highest BCUT2D eigenvalue weighted by molar-refractivity contribution is 5.92. The Morgan fingerprint density at radius 3 is 2.54 bits per heavy atom. The molecule has 0 fully saturated rings. The van der Waals surface area contributed by atoms with Gasteiger partial charge in [0.25, 0.3) is 0 Å². The van der Waals surface area contributed by atoms with E-state index in [0.29, 0.717) is 17.1 Å². The van der Waals surface area contributed by atoms with Crippen molar-refractivity contribution in [3.63, 3.8) is 0 Å². The molecule has 4 rings (SSSR count). The highest BCUT2D eigenvalue weighted by Gasteiger charge is 2.14. The van der Waals surface area contributed by atoms with Crippen LogP contribution in [0, 0.1) is 0 Å². The van der Waals surface area contributed by atoms with Crippen molar-refractivity contribution in [2.24, 2.45) is 0 Å². The standard InChI is InChI=1S/C22H17N3O3/c26-22(20-6-1-2-7-21(20)28-19-5-3-12-23-15-19)27-16-17-8-10-18(11-9-17)25-14-4-13-24-25/h1-15H,16H2. The molecule has 2 heterocycles. The molecule has 0 amide bonds. The van der Waals surface area contributed by atoms with Gasteiger partial charge in [-0.25, -0.2) is 9.48 Å². The second kappa shape index (κ2) is 8.18. The fraction of sp³-hybridized carbons (Fsp3) is 0.0455. The first kappa shape index (κ1) is 17.5. The van der Waals surface area contributed by atoms with Crippen LogP contribution in [0.15, 0.2) is 91.5 Å². The normalized spacial score (nSPS) is 10.4.